The van der Waals surface area contributed by atoms with Crippen molar-refractivity contribution >= 4 is 29.2 Å². The zero-order valence-electron chi connectivity index (χ0n) is 18.8. The lowest BCUT2D eigenvalue weighted by Crippen LogP contribution is -2.45. The predicted molar refractivity (Wildman–Crippen MR) is 128 cm³/mol. The smallest absolute Gasteiger partial charge is 0.338 e. The number of esters is 1. The first-order valence-electron chi connectivity index (χ1n) is 10.5. The maximum Gasteiger partial charge on any atom is 0.338 e. The first kappa shape index (κ1) is 24.1. The van der Waals surface area contributed by atoms with Crippen molar-refractivity contribution in [2.45, 2.75) is 26.4 Å². The summed E-state index contributed by atoms with van der Waals surface area (Å²) in [5.41, 5.74) is 2.79. The number of hydrogen-bond acceptors (Lipinski definition) is 6. The van der Waals surface area contributed by atoms with Crippen molar-refractivity contribution < 1.29 is 23.8 Å². The summed E-state index contributed by atoms with van der Waals surface area (Å²) in [6.45, 7) is 4.04. The van der Waals surface area contributed by atoms with Gasteiger partial charge >= 0.3 is 5.97 Å². The van der Waals surface area contributed by atoms with E-state index in [9.17, 15) is 9.59 Å². The number of allylic oxidation sites excluding steroid dienone is 1. The molecule has 1 atom stereocenters. The first-order valence-corrected chi connectivity index (χ1v) is 10.9. The molecule has 2 aromatic rings. The van der Waals surface area contributed by atoms with E-state index in [0.717, 1.165) is 11.1 Å². The zero-order chi connectivity index (χ0) is 23.8. The molecule has 0 fully saturated rings. The summed E-state index contributed by atoms with van der Waals surface area (Å²) in [4.78, 5) is 24.7. The quantitative estimate of drug-likeness (QED) is 0.381. The molecule has 0 bridgehead atoms. The van der Waals surface area contributed by atoms with Crippen molar-refractivity contribution in [2.24, 2.45) is 0 Å². The van der Waals surface area contributed by atoms with Crippen LogP contribution in [0.5, 0.6) is 11.5 Å². The van der Waals surface area contributed by atoms with E-state index in [-0.39, 0.29) is 19.1 Å². The third-order valence-corrected chi connectivity index (χ3v) is 5.20. The molecule has 3 rings (SSSR count). The number of hydrogen-bond donors (Lipinski definition) is 3. The van der Waals surface area contributed by atoms with Gasteiger partial charge in [0.15, 0.2) is 23.2 Å². The third-order valence-electron chi connectivity index (χ3n) is 4.98. The molecule has 0 saturated carbocycles. The number of rotatable bonds is 9. The SMILES string of the molecule is CCOC(=O)C1=C(C)NC(=S)N[C@H]1c1ccc(OCC(=O)NCc2ccccc2)c(OC)c1. The average Bonchev–Trinajstić information content (AvgIpc) is 2.81. The Morgan fingerprint density at radius 1 is 1.12 bits per heavy atom. The molecule has 174 valence electrons. The van der Waals surface area contributed by atoms with Gasteiger partial charge in [0.1, 0.15) is 0 Å². The Bertz CT molecular complexity index is 1060. The van der Waals surface area contributed by atoms with Gasteiger partial charge in [-0.15, -0.1) is 0 Å². The molecular weight excluding hydrogens is 442 g/mol. The Hall–Kier alpha value is -3.59. The number of carbonyl (C=O) groups is 2. The lowest BCUT2D eigenvalue weighted by atomic mass is 9.95. The van der Waals surface area contributed by atoms with E-state index in [1.165, 1.54) is 7.11 Å². The predicted octanol–water partition coefficient (Wildman–Crippen LogP) is 2.75. The van der Waals surface area contributed by atoms with Crippen LogP contribution in [0, 0.1) is 0 Å². The summed E-state index contributed by atoms with van der Waals surface area (Å²) < 4.78 is 16.4. The lowest BCUT2D eigenvalue weighted by Gasteiger charge is -2.30. The number of carbonyl (C=O) groups excluding carboxylic acids is 2. The second-order valence-electron chi connectivity index (χ2n) is 7.25. The highest BCUT2D eigenvalue weighted by Gasteiger charge is 2.31. The molecule has 1 aliphatic heterocycles. The summed E-state index contributed by atoms with van der Waals surface area (Å²) >= 11 is 5.27. The van der Waals surface area contributed by atoms with Crippen LogP contribution in [0.4, 0.5) is 0 Å². The molecule has 1 amide bonds. The molecule has 1 heterocycles. The fourth-order valence-corrected chi connectivity index (χ4v) is 3.67. The molecule has 0 aliphatic carbocycles. The van der Waals surface area contributed by atoms with Gasteiger partial charge in [-0.2, -0.15) is 0 Å². The summed E-state index contributed by atoms with van der Waals surface area (Å²) in [6, 6.07) is 14.3. The van der Waals surface area contributed by atoms with E-state index in [1.807, 2.05) is 30.3 Å². The summed E-state index contributed by atoms with van der Waals surface area (Å²) in [5.74, 6) is 0.150. The van der Waals surface area contributed by atoms with E-state index in [2.05, 4.69) is 16.0 Å². The second-order valence-corrected chi connectivity index (χ2v) is 7.66. The topological polar surface area (TPSA) is 97.9 Å². The largest absolute Gasteiger partial charge is 0.493 e. The number of thiocarbonyl (C=S) groups is 1. The molecular formula is C24H27N3O5S. The number of nitrogens with one attached hydrogen (secondary N) is 3. The van der Waals surface area contributed by atoms with Crippen LogP contribution in [0.1, 0.15) is 31.0 Å². The summed E-state index contributed by atoms with van der Waals surface area (Å²) in [5, 5.41) is 9.29. The van der Waals surface area contributed by atoms with Gasteiger partial charge in [-0.25, -0.2) is 4.79 Å². The van der Waals surface area contributed by atoms with Gasteiger partial charge in [0.25, 0.3) is 5.91 Å². The first-order chi connectivity index (χ1) is 15.9. The molecule has 0 saturated heterocycles. The molecule has 0 unspecified atom stereocenters. The van der Waals surface area contributed by atoms with Crippen LogP contribution in [0.2, 0.25) is 0 Å². The molecule has 8 nitrogen and oxygen atoms in total. The van der Waals surface area contributed by atoms with Gasteiger partial charge in [-0.05, 0) is 49.3 Å². The van der Waals surface area contributed by atoms with Gasteiger partial charge in [0, 0.05) is 12.2 Å². The Morgan fingerprint density at radius 2 is 1.88 bits per heavy atom. The van der Waals surface area contributed by atoms with E-state index in [1.54, 1.807) is 32.0 Å². The van der Waals surface area contributed by atoms with Crippen molar-refractivity contribution in [3.63, 3.8) is 0 Å². The fraction of sp³-hybridized carbons (Fsp3) is 0.292. The molecule has 1 aliphatic rings. The molecule has 3 N–H and O–H groups in total. The van der Waals surface area contributed by atoms with E-state index < -0.39 is 12.0 Å². The lowest BCUT2D eigenvalue weighted by molar-refractivity contribution is -0.139. The minimum atomic E-state index is -0.519. The highest BCUT2D eigenvalue weighted by Crippen LogP contribution is 2.34. The zero-order valence-corrected chi connectivity index (χ0v) is 19.6. The number of benzene rings is 2. The van der Waals surface area contributed by atoms with Crippen LogP contribution in [-0.4, -0.2) is 37.3 Å². The van der Waals surface area contributed by atoms with Crippen molar-refractivity contribution in [1.29, 1.82) is 0 Å². The van der Waals surface area contributed by atoms with Crippen molar-refractivity contribution in [3.8, 4) is 11.5 Å². The van der Waals surface area contributed by atoms with Gasteiger partial charge in [-0.3, -0.25) is 4.79 Å². The molecule has 0 spiro atoms. The summed E-state index contributed by atoms with van der Waals surface area (Å²) in [6.07, 6.45) is 0. The van der Waals surface area contributed by atoms with Crippen LogP contribution in [0.15, 0.2) is 59.8 Å². The monoisotopic (exact) mass is 469 g/mol. The molecule has 0 aromatic heterocycles. The summed E-state index contributed by atoms with van der Waals surface area (Å²) in [7, 11) is 1.51. The third kappa shape index (κ3) is 6.23. The van der Waals surface area contributed by atoms with E-state index in [4.69, 9.17) is 26.4 Å². The number of amides is 1. The van der Waals surface area contributed by atoms with Crippen LogP contribution in [0.25, 0.3) is 0 Å². The van der Waals surface area contributed by atoms with Crippen molar-refractivity contribution in [1.82, 2.24) is 16.0 Å². The van der Waals surface area contributed by atoms with Crippen LogP contribution >= 0.6 is 12.2 Å². The van der Waals surface area contributed by atoms with E-state index >= 15 is 0 Å². The Labute approximate surface area is 198 Å². The standard InChI is InChI=1S/C24H27N3O5S/c1-4-31-23(29)21-15(2)26-24(33)27-22(21)17-10-11-18(19(12-17)30-3)32-14-20(28)25-13-16-8-6-5-7-9-16/h5-12,22H,4,13-14H2,1-3H3,(H,25,28)(H2,26,27,33)/t22-/m0/s1. The van der Waals surface area contributed by atoms with Crippen LogP contribution in [-0.2, 0) is 20.9 Å². The van der Waals surface area contributed by atoms with Crippen molar-refractivity contribution in [2.75, 3.05) is 20.3 Å². The Balaban J connectivity index is 1.72. The Kier molecular flexibility index (Phi) is 8.26. The number of ether oxygens (including phenoxy) is 3. The minimum absolute atomic E-state index is 0.161. The molecule has 9 heteroatoms. The molecule has 0 radical (unpaired) electrons. The molecule has 2 aromatic carbocycles. The van der Waals surface area contributed by atoms with Crippen molar-refractivity contribution in [3.05, 3.63) is 70.9 Å². The normalized spacial score (nSPS) is 15.2. The maximum atomic E-state index is 12.6. The van der Waals surface area contributed by atoms with Gasteiger partial charge in [0.2, 0.25) is 0 Å². The van der Waals surface area contributed by atoms with Gasteiger partial charge in [-0.1, -0.05) is 36.4 Å². The second kappa shape index (κ2) is 11.3. The maximum absolute atomic E-state index is 12.6. The van der Waals surface area contributed by atoms with E-state index in [0.29, 0.717) is 34.4 Å². The molecule has 33 heavy (non-hydrogen) atoms. The van der Waals surface area contributed by atoms with Crippen LogP contribution in [0.3, 0.4) is 0 Å². The van der Waals surface area contributed by atoms with Crippen LogP contribution < -0.4 is 25.4 Å². The highest BCUT2D eigenvalue weighted by atomic mass is 32.1. The average molecular weight is 470 g/mol. The highest BCUT2D eigenvalue weighted by molar-refractivity contribution is 7.80. The Morgan fingerprint density at radius 3 is 2.58 bits per heavy atom. The fourth-order valence-electron chi connectivity index (χ4n) is 3.40. The van der Waals surface area contributed by atoms with Gasteiger partial charge in [0.05, 0.1) is 25.3 Å². The minimum Gasteiger partial charge on any atom is -0.493 e. The van der Waals surface area contributed by atoms with Gasteiger partial charge < -0.3 is 30.2 Å². The number of methoxy groups -OCH3 is 1.